The van der Waals surface area contributed by atoms with Gasteiger partial charge in [-0.15, -0.1) is 0 Å². The molecule has 2 rings (SSSR count). The van der Waals surface area contributed by atoms with Crippen LogP contribution in [0.25, 0.3) is 0 Å². The average molecular weight is 280 g/mol. The molecule has 0 unspecified atom stereocenters. The molecule has 0 spiro atoms. The monoisotopic (exact) mass is 280 g/mol. The number of nitro groups is 1. The molecule has 0 aliphatic rings. The van der Waals surface area contributed by atoms with Crippen molar-refractivity contribution in [1.82, 2.24) is 9.78 Å². The van der Waals surface area contributed by atoms with Crippen LogP contribution in [0.3, 0.4) is 0 Å². The van der Waals surface area contributed by atoms with Crippen molar-refractivity contribution in [2.75, 3.05) is 12.4 Å². The summed E-state index contributed by atoms with van der Waals surface area (Å²) in [7, 11) is 3.07. The lowest BCUT2D eigenvalue weighted by atomic mass is 10.2. The summed E-state index contributed by atoms with van der Waals surface area (Å²) in [6, 6.07) is 2.11. The zero-order valence-corrected chi connectivity index (χ0v) is 11.0. The van der Waals surface area contributed by atoms with Gasteiger partial charge >= 0.3 is 0 Å². The summed E-state index contributed by atoms with van der Waals surface area (Å²) in [5.74, 6) is -0.824. The van der Waals surface area contributed by atoms with Crippen molar-refractivity contribution in [2.45, 2.75) is 6.54 Å². The second kappa shape index (κ2) is 5.55. The lowest BCUT2D eigenvalue weighted by molar-refractivity contribution is -0.384. The Morgan fingerprint density at radius 3 is 2.85 bits per heavy atom. The van der Waals surface area contributed by atoms with Crippen molar-refractivity contribution < 1.29 is 14.1 Å². The Labute approximate surface area is 114 Å². The summed E-state index contributed by atoms with van der Waals surface area (Å²) < 4.78 is 19.9. The number of aryl methyl sites for hydroxylation is 1. The van der Waals surface area contributed by atoms with Gasteiger partial charge in [0, 0.05) is 31.4 Å². The van der Waals surface area contributed by atoms with E-state index in [0.717, 1.165) is 11.6 Å². The van der Waals surface area contributed by atoms with Gasteiger partial charge in [-0.05, 0) is 0 Å². The normalized spacial score (nSPS) is 10.3. The van der Waals surface area contributed by atoms with Crippen LogP contribution < -0.4 is 10.1 Å². The number of nitrogens with one attached hydrogen (secondary N) is 1. The summed E-state index contributed by atoms with van der Waals surface area (Å²) in [6.45, 7) is 0.337. The van der Waals surface area contributed by atoms with Gasteiger partial charge < -0.3 is 10.1 Å². The molecular formula is C12H13FN4O3. The summed E-state index contributed by atoms with van der Waals surface area (Å²) in [4.78, 5) is 10.3. The molecule has 20 heavy (non-hydrogen) atoms. The van der Waals surface area contributed by atoms with E-state index in [1.165, 1.54) is 13.2 Å². The predicted molar refractivity (Wildman–Crippen MR) is 70.1 cm³/mol. The summed E-state index contributed by atoms with van der Waals surface area (Å²) in [5.41, 5.74) is 0.703. The second-order valence-corrected chi connectivity index (χ2v) is 4.14. The van der Waals surface area contributed by atoms with Crippen LogP contribution in [0.15, 0.2) is 24.5 Å². The number of anilines is 1. The van der Waals surface area contributed by atoms with E-state index >= 15 is 0 Å². The summed E-state index contributed by atoms with van der Waals surface area (Å²) in [5, 5.41) is 17.8. The van der Waals surface area contributed by atoms with Crippen molar-refractivity contribution >= 4 is 11.4 Å². The number of hydrogen-bond acceptors (Lipinski definition) is 5. The Morgan fingerprint density at radius 1 is 1.55 bits per heavy atom. The number of ether oxygens (including phenoxy) is 1. The first-order chi connectivity index (χ1) is 9.51. The molecule has 7 nitrogen and oxygen atoms in total. The Bertz CT molecular complexity index is 642. The highest BCUT2D eigenvalue weighted by Crippen LogP contribution is 2.31. The van der Waals surface area contributed by atoms with Crippen LogP contribution in [0.1, 0.15) is 5.56 Å². The van der Waals surface area contributed by atoms with Gasteiger partial charge in [-0.3, -0.25) is 14.8 Å². The molecule has 0 bridgehead atoms. The lowest BCUT2D eigenvalue weighted by Gasteiger charge is -2.08. The van der Waals surface area contributed by atoms with E-state index < -0.39 is 10.7 Å². The van der Waals surface area contributed by atoms with Gasteiger partial charge in [0.25, 0.3) is 5.69 Å². The Hall–Kier alpha value is -2.64. The van der Waals surface area contributed by atoms with Crippen LogP contribution in [0, 0.1) is 15.9 Å². The quantitative estimate of drug-likeness (QED) is 0.669. The fourth-order valence-electron chi connectivity index (χ4n) is 1.75. The first-order valence-corrected chi connectivity index (χ1v) is 5.74. The molecule has 0 aliphatic carbocycles. The maximum atomic E-state index is 13.5. The summed E-state index contributed by atoms with van der Waals surface area (Å²) >= 11 is 0. The first kappa shape index (κ1) is 13.8. The van der Waals surface area contributed by atoms with Crippen molar-refractivity contribution in [3.8, 4) is 5.75 Å². The number of nitro benzene ring substituents is 1. The maximum absolute atomic E-state index is 13.5. The molecule has 106 valence electrons. The highest BCUT2D eigenvalue weighted by atomic mass is 19.1. The van der Waals surface area contributed by atoms with Crippen molar-refractivity contribution in [1.29, 1.82) is 0 Å². The third-order valence-electron chi connectivity index (χ3n) is 2.71. The molecular weight excluding hydrogens is 267 g/mol. The van der Waals surface area contributed by atoms with Gasteiger partial charge in [0.05, 0.1) is 24.3 Å². The maximum Gasteiger partial charge on any atom is 0.295 e. The number of benzene rings is 1. The molecule has 8 heteroatoms. The zero-order valence-electron chi connectivity index (χ0n) is 11.0. The van der Waals surface area contributed by atoms with Gasteiger partial charge in [0.1, 0.15) is 5.69 Å². The molecule has 0 radical (unpaired) electrons. The van der Waals surface area contributed by atoms with Crippen LogP contribution in [0.2, 0.25) is 0 Å². The molecule has 0 saturated carbocycles. The molecule has 2 aromatic rings. The van der Waals surface area contributed by atoms with Crippen molar-refractivity contribution in [3.05, 3.63) is 46.0 Å². The number of nitrogens with zero attached hydrogens (tertiary/aromatic N) is 3. The van der Waals surface area contributed by atoms with E-state index in [0.29, 0.717) is 6.54 Å². The average Bonchev–Trinajstić information content (AvgIpc) is 2.82. The fourth-order valence-corrected chi connectivity index (χ4v) is 1.75. The van der Waals surface area contributed by atoms with Gasteiger partial charge in [-0.25, -0.2) is 4.39 Å². The van der Waals surface area contributed by atoms with Crippen LogP contribution >= 0.6 is 0 Å². The van der Waals surface area contributed by atoms with Crippen LogP contribution in [0.5, 0.6) is 5.75 Å². The second-order valence-electron chi connectivity index (χ2n) is 4.14. The molecule has 1 aromatic carbocycles. The fraction of sp³-hybridized carbons (Fsp3) is 0.250. The molecule has 1 aromatic heterocycles. The minimum atomic E-state index is -0.772. The van der Waals surface area contributed by atoms with Gasteiger partial charge in [-0.1, -0.05) is 0 Å². The van der Waals surface area contributed by atoms with E-state index in [9.17, 15) is 14.5 Å². The molecule has 0 aliphatic heterocycles. The number of aromatic nitrogens is 2. The largest absolute Gasteiger partial charge is 0.494 e. The predicted octanol–water partition coefficient (Wildman–Crippen LogP) is 2.09. The van der Waals surface area contributed by atoms with Crippen molar-refractivity contribution in [2.24, 2.45) is 7.05 Å². The molecule has 1 heterocycles. The van der Waals surface area contributed by atoms with Crippen LogP contribution in [0.4, 0.5) is 15.8 Å². The molecule has 0 atom stereocenters. The van der Waals surface area contributed by atoms with E-state index in [-0.39, 0.29) is 17.1 Å². The van der Waals surface area contributed by atoms with Gasteiger partial charge in [0.2, 0.25) is 0 Å². The number of hydrogen-bond donors (Lipinski definition) is 1. The van der Waals surface area contributed by atoms with E-state index in [1.54, 1.807) is 24.1 Å². The lowest BCUT2D eigenvalue weighted by Crippen LogP contribution is -2.03. The third kappa shape index (κ3) is 2.85. The number of rotatable bonds is 5. The van der Waals surface area contributed by atoms with E-state index in [1.807, 2.05) is 0 Å². The minimum absolute atomic E-state index is 0.0516. The Kier molecular flexibility index (Phi) is 3.83. The SMILES string of the molecule is COc1cc(NCc2cnn(C)c2)c([N+](=O)[O-])cc1F. The Balaban J connectivity index is 2.26. The molecule has 0 fully saturated rings. The van der Waals surface area contributed by atoms with Crippen LogP contribution in [-0.4, -0.2) is 21.8 Å². The third-order valence-corrected chi connectivity index (χ3v) is 2.71. The Morgan fingerprint density at radius 2 is 2.30 bits per heavy atom. The summed E-state index contributed by atoms with van der Waals surface area (Å²) in [6.07, 6.45) is 3.42. The highest BCUT2D eigenvalue weighted by Gasteiger charge is 2.18. The standard InChI is InChI=1S/C12H13FN4O3/c1-16-7-8(6-15-16)5-14-10-4-12(20-2)9(13)3-11(10)17(18)19/h3-4,6-7,14H,5H2,1-2H3. The van der Waals surface area contributed by atoms with Gasteiger partial charge in [-0.2, -0.15) is 5.10 Å². The first-order valence-electron chi connectivity index (χ1n) is 5.74. The zero-order chi connectivity index (χ0) is 14.7. The van der Waals surface area contributed by atoms with Crippen LogP contribution in [-0.2, 0) is 13.6 Å². The molecule has 1 N–H and O–H groups in total. The molecule has 0 saturated heterocycles. The smallest absolute Gasteiger partial charge is 0.295 e. The van der Waals surface area contributed by atoms with Gasteiger partial charge in [0.15, 0.2) is 11.6 Å². The van der Waals surface area contributed by atoms with E-state index in [4.69, 9.17) is 4.74 Å². The number of methoxy groups -OCH3 is 1. The van der Waals surface area contributed by atoms with Crippen molar-refractivity contribution in [3.63, 3.8) is 0 Å². The number of halogens is 1. The van der Waals surface area contributed by atoms with E-state index in [2.05, 4.69) is 10.4 Å². The minimum Gasteiger partial charge on any atom is -0.494 e. The molecule has 0 amide bonds. The highest BCUT2D eigenvalue weighted by molar-refractivity contribution is 5.64. The topological polar surface area (TPSA) is 82.2 Å².